The Kier molecular flexibility index (Phi) is 6.17. The Morgan fingerprint density at radius 2 is 1.75 bits per heavy atom. The summed E-state index contributed by atoms with van der Waals surface area (Å²) in [5, 5.41) is 3.44. The van der Waals surface area contributed by atoms with E-state index < -0.39 is 0 Å². The van der Waals surface area contributed by atoms with Crippen LogP contribution in [0.1, 0.15) is 46.5 Å². The van der Waals surface area contributed by atoms with E-state index in [4.69, 9.17) is 4.74 Å². The van der Waals surface area contributed by atoms with Gasteiger partial charge in [-0.25, -0.2) is 0 Å². The van der Waals surface area contributed by atoms with E-state index in [2.05, 4.69) is 35.9 Å². The lowest BCUT2D eigenvalue weighted by atomic mass is 9.90. The van der Waals surface area contributed by atoms with Crippen LogP contribution in [-0.2, 0) is 9.53 Å². The number of morpholine rings is 1. The molecule has 5 heteroatoms. The number of nitrogens with zero attached hydrogens (tertiary/aromatic N) is 2. The third-order valence-corrected chi connectivity index (χ3v) is 5.91. The van der Waals surface area contributed by atoms with Crippen molar-refractivity contribution in [3.8, 4) is 0 Å². The second-order valence-corrected chi connectivity index (χ2v) is 8.32. The van der Waals surface area contributed by atoms with Gasteiger partial charge >= 0.3 is 0 Å². The highest BCUT2D eigenvalue weighted by Crippen LogP contribution is 2.25. The third-order valence-electron chi connectivity index (χ3n) is 5.91. The minimum Gasteiger partial charge on any atom is -0.373 e. The van der Waals surface area contributed by atoms with Crippen LogP contribution in [0.15, 0.2) is 0 Å². The minimum absolute atomic E-state index is 0.249. The highest BCUT2D eigenvalue weighted by molar-refractivity contribution is 5.79. The van der Waals surface area contributed by atoms with Crippen molar-refractivity contribution in [1.29, 1.82) is 0 Å². The average Bonchev–Trinajstić information content (AvgIpc) is 2.54. The maximum absolute atomic E-state index is 12.8. The van der Waals surface area contributed by atoms with E-state index >= 15 is 0 Å². The van der Waals surface area contributed by atoms with Gasteiger partial charge < -0.3 is 15.0 Å². The Balaban J connectivity index is 1.43. The number of likely N-dealkylation sites (tertiary alicyclic amines) is 1. The van der Waals surface area contributed by atoms with E-state index in [-0.39, 0.29) is 5.92 Å². The van der Waals surface area contributed by atoms with E-state index in [1.54, 1.807) is 0 Å². The van der Waals surface area contributed by atoms with Crippen LogP contribution in [0.2, 0.25) is 0 Å². The number of amides is 1. The summed E-state index contributed by atoms with van der Waals surface area (Å²) in [6.45, 7) is 12.7. The lowest BCUT2D eigenvalue weighted by molar-refractivity contribution is -0.138. The van der Waals surface area contributed by atoms with Crippen molar-refractivity contribution >= 4 is 5.91 Å². The predicted molar refractivity (Wildman–Crippen MR) is 95.9 cm³/mol. The minimum atomic E-state index is 0.249. The molecule has 3 heterocycles. The Morgan fingerprint density at radius 3 is 2.38 bits per heavy atom. The van der Waals surface area contributed by atoms with Crippen molar-refractivity contribution in [3.63, 3.8) is 0 Å². The number of nitrogens with one attached hydrogen (secondary N) is 1. The molecule has 3 aliphatic heterocycles. The highest BCUT2D eigenvalue weighted by Gasteiger charge is 2.32. The summed E-state index contributed by atoms with van der Waals surface area (Å²) >= 11 is 0. The van der Waals surface area contributed by atoms with E-state index in [1.807, 2.05) is 0 Å². The van der Waals surface area contributed by atoms with Gasteiger partial charge in [0.1, 0.15) is 0 Å². The van der Waals surface area contributed by atoms with Crippen LogP contribution in [0.4, 0.5) is 0 Å². The molecule has 24 heavy (non-hydrogen) atoms. The molecule has 0 saturated carbocycles. The first-order valence-corrected chi connectivity index (χ1v) is 9.91. The van der Waals surface area contributed by atoms with E-state index in [0.29, 0.717) is 24.2 Å². The predicted octanol–water partition coefficient (Wildman–Crippen LogP) is 1.72. The smallest absolute Gasteiger partial charge is 0.225 e. The SMILES string of the molecule is CC1CN(CC2CCN(C(=O)[C@H]3CCN[C@@H](C)C3)CC2)CC(C)O1. The molecule has 3 aliphatic rings. The number of carbonyl (C=O) groups is 1. The number of hydrogen-bond acceptors (Lipinski definition) is 4. The molecule has 3 fully saturated rings. The lowest BCUT2D eigenvalue weighted by Gasteiger charge is -2.40. The zero-order valence-electron chi connectivity index (χ0n) is 15.7. The molecule has 2 unspecified atom stereocenters. The van der Waals surface area contributed by atoms with Gasteiger partial charge in [-0.1, -0.05) is 0 Å². The lowest BCUT2D eigenvalue weighted by Crippen LogP contribution is -2.50. The largest absolute Gasteiger partial charge is 0.373 e. The summed E-state index contributed by atoms with van der Waals surface area (Å²) < 4.78 is 5.83. The zero-order valence-corrected chi connectivity index (χ0v) is 15.7. The summed E-state index contributed by atoms with van der Waals surface area (Å²) in [4.78, 5) is 17.5. The van der Waals surface area contributed by atoms with Crippen LogP contribution >= 0.6 is 0 Å². The molecule has 3 rings (SSSR count). The van der Waals surface area contributed by atoms with Gasteiger partial charge in [-0.3, -0.25) is 9.69 Å². The summed E-state index contributed by atoms with van der Waals surface area (Å²) in [5.74, 6) is 1.40. The Morgan fingerprint density at radius 1 is 1.08 bits per heavy atom. The van der Waals surface area contributed by atoms with E-state index in [0.717, 1.165) is 64.3 Å². The monoisotopic (exact) mass is 337 g/mol. The van der Waals surface area contributed by atoms with Gasteiger partial charge in [0.15, 0.2) is 0 Å². The molecule has 1 N–H and O–H groups in total. The Labute approximate surface area is 147 Å². The molecule has 0 aliphatic carbocycles. The summed E-state index contributed by atoms with van der Waals surface area (Å²) in [5.41, 5.74) is 0. The molecule has 5 nitrogen and oxygen atoms in total. The molecule has 0 aromatic heterocycles. The molecular formula is C19H35N3O2. The molecule has 0 bridgehead atoms. The average molecular weight is 338 g/mol. The number of carbonyl (C=O) groups excluding carboxylic acids is 1. The Bertz CT molecular complexity index is 413. The van der Waals surface area contributed by atoms with Crippen LogP contribution in [-0.4, -0.2) is 73.2 Å². The molecule has 1 amide bonds. The molecule has 138 valence electrons. The van der Waals surface area contributed by atoms with Gasteiger partial charge in [-0.2, -0.15) is 0 Å². The zero-order chi connectivity index (χ0) is 17.1. The quantitative estimate of drug-likeness (QED) is 0.852. The highest BCUT2D eigenvalue weighted by atomic mass is 16.5. The molecule has 0 radical (unpaired) electrons. The van der Waals surface area contributed by atoms with Gasteiger partial charge in [0.25, 0.3) is 0 Å². The number of hydrogen-bond donors (Lipinski definition) is 1. The first kappa shape index (κ1) is 18.2. The van der Waals surface area contributed by atoms with Crippen LogP contribution in [0.25, 0.3) is 0 Å². The van der Waals surface area contributed by atoms with E-state index in [1.165, 1.54) is 6.54 Å². The molecule has 0 aromatic carbocycles. The fourth-order valence-corrected chi connectivity index (χ4v) is 4.75. The van der Waals surface area contributed by atoms with Crippen LogP contribution < -0.4 is 5.32 Å². The summed E-state index contributed by atoms with van der Waals surface area (Å²) in [6, 6.07) is 0.482. The normalized spacial score (nSPS) is 36.7. The topological polar surface area (TPSA) is 44.8 Å². The molecule has 0 aromatic rings. The van der Waals surface area contributed by atoms with Crippen molar-refractivity contribution in [2.24, 2.45) is 11.8 Å². The van der Waals surface area contributed by atoms with Gasteiger partial charge in [0.2, 0.25) is 5.91 Å². The van der Waals surface area contributed by atoms with Crippen molar-refractivity contribution in [2.45, 2.75) is 64.7 Å². The standard InChI is InChI=1S/C19H35N3O2/c1-14-10-18(4-7-20-14)19(23)22-8-5-17(6-9-22)13-21-11-15(2)24-16(3)12-21/h14-18,20H,4-13H2,1-3H3/t14-,15?,16?,18-/m0/s1. The molecular weight excluding hydrogens is 302 g/mol. The first-order valence-electron chi connectivity index (χ1n) is 9.91. The second kappa shape index (κ2) is 8.15. The fourth-order valence-electron chi connectivity index (χ4n) is 4.75. The van der Waals surface area contributed by atoms with Gasteiger partial charge in [0.05, 0.1) is 12.2 Å². The maximum Gasteiger partial charge on any atom is 0.225 e. The van der Waals surface area contributed by atoms with Crippen molar-refractivity contribution in [3.05, 3.63) is 0 Å². The molecule has 0 spiro atoms. The number of ether oxygens (including phenoxy) is 1. The summed E-state index contributed by atoms with van der Waals surface area (Å²) in [7, 11) is 0. The van der Waals surface area contributed by atoms with Crippen molar-refractivity contribution in [1.82, 2.24) is 15.1 Å². The van der Waals surface area contributed by atoms with Crippen LogP contribution in [0.5, 0.6) is 0 Å². The Hall–Kier alpha value is -0.650. The maximum atomic E-state index is 12.8. The number of piperidine rings is 2. The van der Waals surface area contributed by atoms with Crippen molar-refractivity contribution < 1.29 is 9.53 Å². The van der Waals surface area contributed by atoms with Crippen LogP contribution in [0, 0.1) is 11.8 Å². The van der Waals surface area contributed by atoms with Gasteiger partial charge in [0, 0.05) is 44.7 Å². The molecule has 4 atom stereocenters. The first-order chi connectivity index (χ1) is 11.5. The van der Waals surface area contributed by atoms with Crippen LogP contribution in [0.3, 0.4) is 0 Å². The van der Waals surface area contributed by atoms with Gasteiger partial charge in [-0.15, -0.1) is 0 Å². The van der Waals surface area contributed by atoms with E-state index in [9.17, 15) is 4.79 Å². The molecule has 3 saturated heterocycles. The summed E-state index contributed by atoms with van der Waals surface area (Å²) in [6.07, 6.45) is 5.02. The van der Waals surface area contributed by atoms with Crippen molar-refractivity contribution in [2.75, 3.05) is 39.3 Å². The fraction of sp³-hybridized carbons (Fsp3) is 0.947. The van der Waals surface area contributed by atoms with Gasteiger partial charge in [-0.05, 0) is 58.9 Å². The second-order valence-electron chi connectivity index (χ2n) is 8.32. The number of rotatable bonds is 3. The third kappa shape index (κ3) is 4.70.